The van der Waals surface area contributed by atoms with E-state index in [4.69, 9.17) is 14.2 Å². The number of nitrogens with one attached hydrogen (secondary N) is 1. The number of para-hydroxylation sites is 1. The van der Waals surface area contributed by atoms with Crippen molar-refractivity contribution in [2.24, 2.45) is 0 Å². The number of amides is 1. The molecule has 2 aromatic carbocycles. The molecule has 0 aromatic heterocycles. The molecule has 1 amide bonds. The van der Waals surface area contributed by atoms with E-state index in [0.29, 0.717) is 30.4 Å². The van der Waals surface area contributed by atoms with Crippen LogP contribution in [0, 0.1) is 0 Å². The molecule has 0 aliphatic heterocycles. The van der Waals surface area contributed by atoms with Crippen LogP contribution in [0.15, 0.2) is 54.6 Å². The van der Waals surface area contributed by atoms with Crippen molar-refractivity contribution in [1.82, 2.24) is 0 Å². The standard InChI is InChI=1S/C24H29NO5/c1-4-6-16-29-21-14-12-19(17-22(21)28-5-2)13-15-23(26)30-18(3)24(27)25-20-10-8-7-9-11-20/h7-15,17-18H,4-6,16H2,1-3H3,(H,25,27)/b15-13+/t18-/m0/s1. The third-order valence-corrected chi connectivity index (χ3v) is 4.14. The van der Waals surface area contributed by atoms with Gasteiger partial charge in [-0.05, 0) is 56.2 Å². The van der Waals surface area contributed by atoms with Gasteiger partial charge >= 0.3 is 5.97 Å². The van der Waals surface area contributed by atoms with Gasteiger partial charge in [0.15, 0.2) is 17.6 Å². The SMILES string of the molecule is CCCCOc1ccc(/C=C/C(=O)O[C@@H](C)C(=O)Nc2ccccc2)cc1OCC. The van der Waals surface area contributed by atoms with Crippen molar-refractivity contribution in [2.45, 2.75) is 39.7 Å². The summed E-state index contributed by atoms with van der Waals surface area (Å²) in [4.78, 5) is 24.2. The lowest BCUT2D eigenvalue weighted by Crippen LogP contribution is -2.29. The van der Waals surface area contributed by atoms with E-state index < -0.39 is 18.0 Å². The first-order valence-corrected chi connectivity index (χ1v) is 10.2. The number of anilines is 1. The molecular formula is C24H29NO5. The quantitative estimate of drug-likeness (QED) is 0.325. The number of hydrogen-bond donors (Lipinski definition) is 1. The monoisotopic (exact) mass is 411 g/mol. The summed E-state index contributed by atoms with van der Waals surface area (Å²) >= 11 is 0. The van der Waals surface area contributed by atoms with Gasteiger partial charge in [-0.15, -0.1) is 0 Å². The Labute approximate surface area is 177 Å². The highest BCUT2D eigenvalue weighted by atomic mass is 16.5. The molecule has 30 heavy (non-hydrogen) atoms. The molecule has 0 saturated heterocycles. The molecule has 0 heterocycles. The first-order valence-electron chi connectivity index (χ1n) is 10.2. The second-order valence-corrected chi connectivity index (χ2v) is 6.61. The van der Waals surface area contributed by atoms with E-state index in [1.807, 2.05) is 37.3 Å². The summed E-state index contributed by atoms with van der Waals surface area (Å²) in [7, 11) is 0. The van der Waals surface area contributed by atoms with E-state index >= 15 is 0 Å². The van der Waals surface area contributed by atoms with E-state index in [1.165, 1.54) is 13.0 Å². The molecule has 160 valence electrons. The van der Waals surface area contributed by atoms with Crippen LogP contribution in [-0.2, 0) is 14.3 Å². The van der Waals surface area contributed by atoms with Crippen molar-refractivity contribution in [3.05, 3.63) is 60.2 Å². The minimum absolute atomic E-state index is 0.393. The van der Waals surface area contributed by atoms with E-state index in [1.54, 1.807) is 24.3 Å². The topological polar surface area (TPSA) is 73.9 Å². The van der Waals surface area contributed by atoms with Gasteiger partial charge in [0.2, 0.25) is 0 Å². The van der Waals surface area contributed by atoms with Crippen LogP contribution in [0.2, 0.25) is 0 Å². The zero-order chi connectivity index (χ0) is 21.8. The number of carbonyl (C=O) groups is 2. The average molecular weight is 411 g/mol. The third kappa shape index (κ3) is 7.62. The summed E-state index contributed by atoms with van der Waals surface area (Å²) < 4.78 is 16.6. The highest BCUT2D eigenvalue weighted by Crippen LogP contribution is 2.29. The van der Waals surface area contributed by atoms with Gasteiger partial charge < -0.3 is 19.5 Å². The zero-order valence-electron chi connectivity index (χ0n) is 17.7. The molecule has 6 heteroatoms. The first kappa shape index (κ1) is 23.0. The van der Waals surface area contributed by atoms with Crippen molar-refractivity contribution < 1.29 is 23.8 Å². The van der Waals surface area contributed by atoms with Gasteiger partial charge in [0.25, 0.3) is 5.91 Å². The average Bonchev–Trinajstić information content (AvgIpc) is 2.74. The second kappa shape index (κ2) is 12.3. The summed E-state index contributed by atoms with van der Waals surface area (Å²) in [6.45, 7) is 6.66. The molecule has 0 unspecified atom stereocenters. The fourth-order valence-electron chi connectivity index (χ4n) is 2.54. The van der Waals surface area contributed by atoms with E-state index in [9.17, 15) is 9.59 Å². The molecule has 0 fully saturated rings. The number of hydrogen-bond acceptors (Lipinski definition) is 5. The lowest BCUT2D eigenvalue weighted by atomic mass is 10.2. The second-order valence-electron chi connectivity index (χ2n) is 6.61. The predicted octanol–water partition coefficient (Wildman–Crippen LogP) is 4.85. The minimum Gasteiger partial charge on any atom is -0.490 e. The molecule has 0 aliphatic carbocycles. The van der Waals surface area contributed by atoms with Crippen molar-refractivity contribution in [2.75, 3.05) is 18.5 Å². The smallest absolute Gasteiger partial charge is 0.331 e. The number of rotatable bonds is 11. The van der Waals surface area contributed by atoms with Crippen LogP contribution in [-0.4, -0.2) is 31.2 Å². The number of carbonyl (C=O) groups excluding carboxylic acids is 2. The Morgan fingerprint density at radius 1 is 1.03 bits per heavy atom. The third-order valence-electron chi connectivity index (χ3n) is 4.14. The maximum absolute atomic E-state index is 12.1. The van der Waals surface area contributed by atoms with Crippen LogP contribution in [0.3, 0.4) is 0 Å². The highest BCUT2D eigenvalue weighted by Gasteiger charge is 2.16. The van der Waals surface area contributed by atoms with Gasteiger partial charge in [-0.2, -0.15) is 0 Å². The van der Waals surface area contributed by atoms with Crippen LogP contribution >= 0.6 is 0 Å². The van der Waals surface area contributed by atoms with Crippen molar-refractivity contribution in [3.63, 3.8) is 0 Å². The first-order chi connectivity index (χ1) is 14.5. The molecule has 0 radical (unpaired) electrons. The molecule has 0 aliphatic rings. The van der Waals surface area contributed by atoms with Gasteiger partial charge in [-0.3, -0.25) is 4.79 Å². The number of unbranched alkanes of at least 4 members (excludes halogenated alkanes) is 1. The Morgan fingerprint density at radius 2 is 1.80 bits per heavy atom. The Morgan fingerprint density at radius 3 is 2.50 bits per heavy atom. The Bertz CT molecular complexity index is 848. The molecule has 1 N–H and O–H groups in total. The molecule has 2 rings (SSSR count). The van der Waals surface area contributed by atoms with Crippen LogP contribution in [0.5, 0.6) is 11.5 Å². The molecule has 1 atom stereocenters. The summed E-state index contributed by atoms with van der Waals surface area (Å²) in [5.74, 6) is 0.304. The summed E-state index contributed by atoms with van der Waals surface area (Å²) in [6, 6.07) is 14.5. The van der Waals surface area contributed by atoms with Crippen LogP contribution < -0.4 is 14.8 Å². The summed E-state index contributed by atoms with van der Waals surface area (Å²) in [5.41, 5.74) is 1.41. The van der Waals surface area contributed by atoms with Crippen molar-refractivity contribution in [3.8, 4) is 11.5 Å². The van der Waals surface area contributed by atoms with Gasteiger partial charge in [-0.1, -0.05) is 37.6 Å². The number of benzene rings is 2. The maximum atomic E-state index is 12.1. The molecule has 0 bridgehead atoms. The lowest BCUT2D eigenvalue weighted by Gasteiger charge is -2.13. The molecule has 0 spiro atoms. The van der Waals surface area contributed by atoms with Gasteiger partial charge in [-0.25, -0.2) is 4.79 Å². The largest absolute Gasteiger partial charge is 0.490 e. The predicted molar refractivity (Wildman–Crippen MR) is 118 cm³/mol. The maximum Gasteiger partial charge on any atom is 0.331 e. The van der Waals surface area contributed by atoms with E-state index in [0.717, 1.165) is 18.4 Å². The summed E-state index contributed by atoms with van der Waals surface area (Å²) in [6.07, 6.45) is 4.00. The van der Waals surface area contributed by atoms with Crippen LogP contribution in [0.25, 0.3) is 6.08 Å². The molecule has 2 aromatic rings. The van der Waals surface area contributed by atoms with E-state index in [-0.39, 0.29) is 0 Å². The zero-order valence-corrected chi connectivity index (χ0v) is 17.7. The van der Waals surface area contributed by atoms with Crippen molar-refractivity contribution >= 4 is 23.6 Å². The van der Waals surface area contributed by atoms with Crippen LogP contribution in [0.1, 0.15) is 39.2 Å². The molecule has 0 saturated carbocycles. The fourth-order valence-corrected chi connectivity index (χ4v) is 2.54. The van der Waals surface area contributed by atoms with Crippen molar-refractivity contribution in [1.29, 1.82) is 0 Å². The van der Waals surface area contributed by atoms with E-state index in [2.05, 4.69) is 12.2 Å². The fraction of sp³-hybridized carbons (Fsp3) is 0.333. The molecule has 6 nitrogen and oxygen atoms in total. The number of ether oxygens (including phenoxy) is 3. The summed E-state index contributed by atoms with van der Waals surface area (Å²) in [5, 5.41) is 2.70. The normalized spacial score (nSPS) is 11.7. The molecular weight excluding hydrogens is 382 g/mol. The van der Waals surface area contributed by atoms with Gasteiger partial charge in [0, 0.05) is 11.8 Å². The Balaban J connectivity index is 1.94. The Hall–Kier alpha value is -3.28. The van der Waals surface area contributed by atoms with Crippen LogP contribution in [0.4, 0.5) is 5.69 Å². The Kier molecular flexibility index (Phi) is 9.45. The lowest BCUT2D eigenvalue weighted by molar-refractivity contribution is -0.148. The minimum atomic E-state index is -0.921. The highest BCUT2D eigenvalue weighted by molar-refractivity contribution is 5.96. The van der Waals surface area contributed by atoms with Gasteiger partial charge in [0.05, 0.1) is 13.2 Å². The van der Waals surface area contributed by atoms with Gasteiger partial charge in [0.1, 0.15) is 0 Å². The number of esters is 1.